The van der Waals surface area contributed by atoms with Crippen molar-refractivity contribution in [2.45, 2.75) is 32.4 Å². The Labute approximate surface area is 208 Å². The van der Waals surface area contributed by atoms with Gasteiger partial charge in [0.1, 0.15) is 0 Å². The summed E-state index contributed by atoms with van der Waals surface area (Å²) in [5.74, 6) is -0.926. The highest BCUT2D eigenvalue weighted by Gasteiger charge is 2.30. The molecule has 0 atom stereocenters. The molecule has 3 aromatic rings. The van der Waals surface area contributed by atoms with Gasteiger partial charge in [-0.05, 0) is 67.7 Å². The maximum atomic E-state index is 13.2. The van der Waals surface area contributed by atoms with Crippen molar-refractivity contribution < 1.29 is 14.7 Å². The molecule has 0 radical (unpaired) electrons. The highest BCUT2D eigenvalue weighted by Crippen LogP contribution is 2.32. The minimum Gasteiger partial charge on any atom is -0.481 e. The first-order valence-corrected chi connectivity index (χ1v) is 12.4. The van der Waals surface area contributed by atoms with Crippen molar-refractivity contribution in [3.8, 4) is 0 Å². The molecule has 1 amide bonds. The summed E-state index contributed by atoms with van der Waals surface area (Å²) in [7, 11) is 0. The van der Waals surface area contributed by atoms with E-state index in [1.54, 1.807) is 6.07 Å². The smallest absolute Gasteiger partial charge is 0.306 e. The fourth-order valence-corrected chi connectivity index (χ4v) is 5.87. The third-order valence-electron chi connectivity index (χ3n) is 7.08. The maximum Gasteiger partial charge on any atom is 0.306 e. The second-order valence-electron chi connectivity index (χ2n) is 9.26. The molecule has 0 saturated carbocycles. The molecule has 0 aliphatic carbocycles. The Morgan fingerprint density at radius 1 is 1.00 bits per heavy atom. The van der Waals surface area contributed by atoms with Gasteiger partial charge in [0.2, 0.25) is 5.91 Å². The summed E-state index contributed by atoms with van der Waals surface area (Å²) in [6.07, 6.45) is 2.01. The summed E-state index contributed by atoms with van der Waals surface area (Å²) in [6.45, 7) is 3.51. The molecular formula is C26H27Cl2N3O3. The number of carbonyl (C=O) groups is 2. The van der Waals surface area contributed by atoms with E-state index < -0.39 is 5.97 Å². The molecule has 5 rings (SSSR count). The summed E-state index contributed by atoms with van der Waals surface area (Å²) >= 11 is 12.5. The lowest BCUT2D eigenvalue weighted by Crippen LogP contribution is -2.45. The molecule has 0 unspecified atom stereocenters. The number of hydrogen-bond acceptors (Lipinski definition) is 3. The number of halogens is 2. The van der Waals surface area contributed by atoms with E-state index in [1.807, 2.05) is 23.1 Å². The number of aromatic nitrogens is 1. The molecule has 34 heavy (non-hydrogen) atoms. The molecular weight excluding hydrogens is 473 g/mol. The van der Waals surface area contributed by atoms with Crippen LogP contribution >= 0.6 is 23.2 Å². The second kappa shape index (κ2) is 9.61. The molecule has 0 bridgehead atoms. The van der Waals surface area contributed by atoms with Crippen LogP contribution < -0.4 is 0 Å². The van der Waals surface area contributed by atoms with Crippen molar-refractivity contribution in [3.05, 3.63) is 69.3 Å². The zero-order valence-electron chi connectivity index (χ0n) is 18.8. The number of fused-ring (bicyclic) bond motifs is 3. The topological polar surface area (TPSA) is 65.8 Å². The van der Waals surface area contributed by atoms with Crippen LogP contribution in [0.2, 0.25) is 10.0 Å². The Bertz CT molecular complexity index is 1230. The van der Waals surface area contributed by atoms with E-state index in [4.69, 9.17) is 23.2 Å². The van der Waals surface area contributed by atoms with E-state index in [9.17, 15) is 14.7 Å². The number of carbonyl (C=O) groups excluding carboxylic acids is 1. The van der Waals surface area contributed by atoms with Crippen LogP contribution in [0.15, 0.2) is 42.5 Å². The number of carboxylic acids is 1. The molecule has 1 fully saturated rings. The van der Waals surface area contributed by atoms with Crippen LogP contribution in [-0.2, 0) is 29.1 Å². The Morgan fingerprint density at radius 3 is 2.41 bits per heavy atom. The van der Waals surface area contributed by atoms with Crippen LogP contribution in [0.25, 0.3) is 10.9 Å². The van der Waals surface area contributed by atoms with E-state index in [0.29, 0.717) is 62.2 Å². The minimum atomic E-state index is -0.733. The van der Waals surface area contributed by atoms with Crippen LogP contribution in [0, 0.1) is 5.92 Å². The number of carboxylic acid groups (broad SMARTS) is 1. The zero-order chi connectivity index (χ0) is 23.8. The van der Waals surface area contributed by atoms with Crippen molar-refractivity contribution in [2.75, 3.05) is 26.2 Å². The highest BCUT2D eigenvalue weighted by atomic mass is 35.5. The number of amides is 1. The number of nitrogens with zero attached hydrogens (tertiary/aromatic N) is 3. The lowest BCUT2D eigenvalue weighted by molar-refractivity contribution is -0.143. The Hall–Kier alpha value is -2.54. The Kier molecular flexibility index (Phi) is 6.56. The van der Waals surface area contributed by atoms with Gasteiger partial charge in [-0.15, -0.1) is 0 Å². The molecule has 6 nitrogen and oxygen atoms in total. The van der Waals surface area contributed by atoms with Crippen molar-refractivity contribution in [1.29, 1.82) is 0 Å². The molecule has 1 aromatic heterocycles. The average Bonchev–Trinajstić information content (AvgIpc) is 3.12. The molecule has 0 spiro atoms. The Morgan fingerprint density at radius 2 is 1.71 bits per heavy atom. The fraction of sp³-hybridized carbons (Fsp3) is 0.385. The van der Waals surface area contributed by atoms with Crippen LogP contribution in [0.4, 0.5) is 0 Å². The summed E-state index contributed by atoms with van der Waals surface area (Å²) < 4.78 is 2.28. The number of para-hydroxylation sites is 1. The number of piperidine rings is 1. The first-order chi connectivity index (χ1) is 16.4. The van der Waals surface area contributed by atoms with Crippen molar-refractivity contribution >= 4 is 46.0 Å². The summed E-state index contributed by atoms with van der Waals surface area (Å²) in [5, 5.41) is 11.7. The monoisotopic (exact) mass is 499 g/mol. The van der Waals surface area contributed by atoms with E-state index in [2.05, 4.69) is 27.7 Å². The van der Waals surface area contributed by atoms with Crippen LogP contribution in [0.5, 0.6) is 0 Å². The Balaban J connectivity index is 1.37. The first-order valence-electron chi connectivity index (χ1n) is 11.7. The normalized spacial score (nSPS) is 17.2. The number of likely N-dealkylation sites (tertiary alicyclic amines) is 1. The van der Waals surface area contributed by atoms with Crippen molar-refractivity contribution in [2.24, 2.45) is 5.92 Å². The molecule has 178 valence electrons. The molecule has 2 aliphatic heterocycles. The van der Waals surface area contributed by atoms with E-state index in [0.717, 1.165) is 23.2 Å². The standard InChI is InChI=1S/C26H27Cl2N3O3/c27-19-11-17(12-20(28)13-19)14-31-23-4-2-1-3-21(23)22-7-10-30(15-24(22)31)25(32)16-29-8-5-18(6-9-29)26(33)34/h1-4,11-13,18H,5-10,14-16H2,(H,33,34). The SMILES string of the molecule is O=C(O)C1CCN(CC(=O)N2CCc3c(n(Cc4cc(Cl)cc(Cl)c4)c4ccccc34)C2)CC1. The van der Waals surface area contributed by atoms with Gasteiger partial charge in [0.05, 0.1) is 19.0 Å². The van der Waals surface area contributed by atoms with Gasteiger partial charge in [-0.3, -0.25) is 14.5 Å². The number of rotatable bonds is 5. The maximum absolute atomic E-state index is 13.2. The van der Waals surface area contributed by atoms with Gasteiger partial charge < -0.3 is 14.6 Å². The molecule has 2 aromatic carbocycles. The van der Waals surface area contributed by atoms with E-state index >= 15 is 0 Å². The van der Waals surface area contributed by atoms with Crippen LogP contribution in [-0.4, -0.2) is 57.5 Å². The van der Waals surface area contributed by atoms with Gasteiger partial charge in [0, 0.05) is 39.7 Å². The largest absolute Gasteiger partial charge is 0.481 e. The number of benzene rings is 2. The third-order valence-corrected chi connectivity index (χ3v) is 7.51. The van der Waals surface area contributed by atoms with E-state index in [-0.39, 0.29) is 11.8 Å². The van der Waals surface area contributed by atoms with Crippen molar-refractivity contribution in [1.82, 2.24) is 14.4 Å². The van der Waals surface area contributed by atoms with Crippen LogP contribution in [0.3, 0.4) is 0 Å². The third kappa shape index (κ3) is 4.67. The van der Waals surface area contributed by atoms with E-state index in [1.165, 1.54) is 10.9 Å². The van der Waals surface area contributed by atoms with Gasteiger partial charge in [0.25, 0.3) is 0 Å². The summed E-state index contributed by atoms with van der Waals surface area (Å²) in [4.78, 5) is 28.4. The first kappa shape index (κ1) is 23.2. The molecule has 1 saturated heterocycles. The zero-order valence-corrected chi connectivity index (χ0v) is 20.4. The van der Waals surface area contributed by atoms with Gasteiger partial charge in [-0.2, -0.15) is 0 Å². The van der Waals surface area contributed by atoms with Gasteiger partial charge in [-0.25, -0.2) is 0 Å². The van der Waals surface area contributed by atoms with Gasteiger partial charge in [-0.1, -0.05) is 41.4 Å². The number of aliphatic carboxylic acids is 1. The average molecular weight is 500 g/mol. The predicted octanol–water partition coefficient (Wildman–Crippen LogP) is 4.68. The predicted molar refractivity (Wildman–Crippen MR) is 133 cm³/mol. The lowest BCUT2D eigenvalue weighted by Gasteiger charge is -2.33. The molecule has 2 aliphatic rings. The minimum absolute atomic E-state index is 0.0991. The second-order valence-corrected chi connectivity index (χ2v) is 10.1. The highest BCUT2D eigenvalue weighted by molar-refractivity contribution is 6.34. The lowest BCUT2D eigenvalue weighted by atomic mass is 9.97. The van der Waals surface area contributed by atoms with Crippen LogP contribution in [0.1, 0.15) is 29.7 Å². The molecule has 3 heterocycles. The molecule has 8 heteroatoms. The quantitative estimate of drug-likeness (QED) is 0.553. The van der Waals surface area contributed by atoms with Gasteiger partial charge in [0.15, 0.2) is 0 Å². The fourth-order valence-electron chi connectivity index (χ4n) is 5.30. The number of hydrogen-bond donors (Lipinski definition) is 1. The summed E-state index contributed by atoms with van der Waals surface area (Å²) in [5.41, 5.74) is 4.62. The molecule has 1 N–H and O–H groups in total. The van der Waals surface area contributed by atoms with Gasteiger partial charge >= 0.3 is 5.97 Å². The van der Waals surface area contributed by atoms with Crippen molar-refractivity contribution in [3.63, 3.8) is 0 Å². The summed E-state index contributed by atoms with van der Waals surface area (Å²) in [6, 6.07) is 14.0.